The fourth-order valence-corrected chi connectivity index (χ4v) is 7.24. The van der Waals surface area contributed by atoms with E-state index in [0.29, 0.717) is 0 Å². The summed E-state index contributed by atoms with van der Waals surface area (Å²) in [5.74, 6) is 0.948. The number of benzene rings is 6. The Morgan fingerprint density at radius 2 is 0.886 bits per heavy atom. The molecule has 0 amide bonds. The van der Waals surface area contributed by atoms with Gasteiger partial charge in [-0.15, -0.1) is 0 Å². The predicted molar refractivity (Wildman–Crippen MR) is 183 cm³/mol. The zero-order valence-electron chi connectivity index (χ0n) is 23.6. The van der Waals surface area contributed by atoms with Crippen molar-refractivity contribution in [1.82, 2.24) is 19.1 Å². The van der Waals surface area contributed by atoms with Crippen LogP contribution in [0.1, 0.15) is 0 Å². The van der Waals surface area contributed by atoms with Crippen molar-refractivity contribution in [3.8, 4) is 11.5 Å². The van der Waals surface area contributed by atoms with Crippen LogP contribution in [0.2, 0.25) is 0 Å². The number of hydrogen-bond donors (Lipinski definition) is 0. The molecule has 0 bridgehead atoms. The van der Waals surface area contributed by atoms with E-state index in [1.807, 2.05) is 6.20 Å². The second-order valence-corrected chi connectivity index (χ2v) is 11.4. The standard InChI is InChI=1S/C40H24N4/c1-2-12-26-25(11-1)21-22-41-40(26)44-36-20-10-6-14-28(36)32-23-37-31(24-38(32)44)27-13-5-9-19-35(27)43(37)39-29-15-3-7-17-33(29)42-34-18-8-4-16-30(34)39/h1-24H. The smallest absolute Gasteiger partial charge is 0.145 e. The molecule has 0 fully saturated rings. The van der Waals surface area contributed by atoms with Crippen molar-refractivity contribution in [2.24, 2.45) is 0 Å². The van der Waals surface area contributed by atoms with Crippen molar-refractivity contribution in [3.63, 3.8) is 0 Å². The lowest BCUT2D eigenvalue weighted by atomic mass is 10.1. The van der Waals surface area contributed by atoms with E-state index in [0.717, 1.165) is 49.7 Å². The van der Waals surface area contributed by atoms with Gasteiger partial charge in [-0.2, -0.15) is 0 Å². The molecule has 0 atom stereocenters. The van der Waals surface area contributed by atoms with Crippen LogP contribution in [0.25, 0.3) is 87.7 Å². The van der Waals surface area contributed by atoms with Crippen molar-refractivity contribution in [1.29, 1.82) is 0 Å². The van der Waals surface area contributed by atoms with Gasteiger partial charge in [0.05, 0.1) is 38.8 Å². The lowest BCUT2D eigenvalue weighted by Crippen LogP contribution is -1.99. The predicted octanol–water partition coefficient (Wildman–Crippen LogP) is 10.1. The molecule has 0 aliphatic heterocycles. The van der Waals surface area contributed by atoms with Crippen molar-refractivity contribution in [3.05, 3.63) is 146 Å². The molecular formula is C40H24N4. The third-order valence-electron chi connectivity index (χ3n) is 9.11. The van der Waals surface area contributed by atoms with Gasteiger partial charge in [-0.1, -0.05) is 97.1 Å². The minimum absolute atomic E-state index is 0.948. The molecule has 4 heteroatoms. The molecule has 0 aliphatic carbocycles. The van der Waals surface area contributed by atoms with Crippen molar-refractivity contribution >= 4 is 76.2 Å². The number of nitrogens with zero attached hydrogens (tertiary/aromatic N) is 4. The second kappa shape index (κ2) is 8.76. The molecule has 204 valence electrons. The Bertz CT molecular complexity index is 2720. The zero-order chi connectivity index (χ0) is 28.8. The summed E-state index contributed by atoms with van der Waals surface area (Å²) in [6, 6.07) is 49.8. The van der Waals surface area contributed by atoms with Crippen molar-refractivity contribution in [2.75, 3.05) is 0 Å². The van der Waals surface area contributed by atoms with E-state index in [1.165, 1.54) is 38.0 Å². The first-order valence-corrected chi connectivity index (χ1v) is 14.9. The van der Waals surface area contributed by atoms with E-state index in [2.05, 4.69) is 149 Å². The Morgan fingerprint density at radius 1 is 0.386 bits per heavy atom. The Hall–Kier alpha value is -6.00. The lowest BCUT2D eigenvalue weighted by molar-refractivity contribution is 1.10. The van der Waals surface area contributed by atoms with Gasteiger partial charge in [-0.25, -0.2) is 9.97 Å². The molecule has 44 heavy (non-hydrogen) atoms. The molecule has 4 nitrogen and oxygen atoms in total. The van der Waals surface area contributed by atoms with Gasteiger partial charge in [0.1, 0.15) is 5.82 Å². The number of hydrogen-bond acceptors (Lipinski definition) is 2. The largest absolute Gasteiger partial charge is 0.308 e. The van der Waals surface area contributed by atoms with Gasteiger partial charge in [0.25, 0.3) is 0 Å². The minimum Gasteiger partial charge on any atom is -0.308 e. The average Bonchev–Trinajstić information content (AvgIpc) is 3.58. The fourth-order valence-electron chi connectivity index (χ4n) is 7.24. The summed E-state index contributed by atoms with van der Waals surface area (Å²) in [5.41, 5.74) is 7.80. The number of aromatic nitrogens is 4. The van der Waals surface area contributed by atoms with Gasteiger partial charge in [0.15, 0.2) is 0 Å². The van der Waals surface area contributed by atoms with Gasteiger partial charge in [-0.3, -0.25) is 4.57 Å². The molecule has 4 aromatic heterocycles. The van der Waals surface area contributed by atoms with Gasteiger partial charge >= 0.3 is 0 Å². The second-order valence-electron chi connectivity index (χ2n) is 11.4. The number of pyridine rings is 2. The lowest BCUT2D eigenvalue weighted by Gasteiger charge is -2.15. The number of para-hydroxylation sites is 4. The van der Waals surface area contributed by atoms with Crippen LogP contribution in [-0.4, -0.2) is 19.1 Å². The molecule has 0 saturated heterocycles. The van der Waals surface area contributed by atoms with E-state index in [1.54, 1.807) is 0 Å². The summed E-state index contributed by atoms with van der Waals surface area (Å²) >= 11 is 0. The first kappa shape index (κ1) is 23.6. The van der Waals surface area contributed by atoms with E-state index in [4.69, 9.17) is 9.97 Å². The molecule has 0 unspecified atom stereocenters. The molecular weight excluding hydrogens is 536 g/mol. The third-order valence-corrected chi connectivity index (χ3v) is 9.11. The Morgan fingerprint density at radius 3 is 1.55 bits per heavy atom. The molecule has 0 N–H and O–H groups in total. The molecule has 0 aliphatic rings. The van der Waals surface area contributed by atoms with Crippen LogP contribution in [0.3, 0.4) is 0 Å². The van der Waals surface area contributed by atoms with Crippen LogP contribution in [0.4, 0.5) is 0 Å². The van der Waals surface area contributed by atoms with Crippen LogP contribution in [0.15, 0.2) is 146 Å². The van der Waals surface area contributed by atoms with E-state index in [-0.39, 0.29) is 0 Å². The maximum Gasteiger partial charge on any atom is 0.145 e. The minimum atomic E-state index is 0.948. The highest BCUT2D eigenvalue weighted by molar-refractivity contribution is 6.20. The third kappa shape index (κ3) is 3.11. The topological polar surface area (TPSA) is 35.6 Å². The van der Waals surface area contributed by atoms with Crippen LogP contribution < -0.4 is 0 Å². The van der Waals surface area contributed by atoms with Gasteiger partial charge in [-0.05, 0) is 47.9 Å². The average molecular weight is 561 g/mol. The Kier molecular flexibility index (Phi) is 4.69. The van der Waals surface area contributed by atoms with Gasteiger partial charge < -0.3 is 4.57 Å². The highest BCUT2D eigenvalue weighted by Gasteiger charge is 2.21. The molecule has 6 aromatic carbocycles. The Balaban J connectivity index is 1.42. The van der Waals surface area contributed by atoms with Gasteiger partial charge in [0.2, 0.25) is 0 Å². The van der Waals surface area contributed by atoms with E-state index in [9.17, 15) is 0 Å². The van der Waals surface area contributed by atoms with Crippen LogP contribution in [0, 0.1) is 0 Å². The fraction of sp³-hybridized carbons (Fsp3) is 0. The summed E-state index contributed by atoms with van der Waals surface area (Å²) in [6.07, 6.45) is 1.92. The first-order valence-electron chi connectivity index (χ1n) is 14.9. The van der Waals surface area contributed by atoms with E-state index < -0.39 is 0 Å². The van der Waals surface area contributed by atoms with Crippen molar-refractivity contribution in [2.45, 2.75) is 0 Å². The monoisotopic (exact) mass is 560 g/mol. The highest BCUT2D eigenvalue weighted by atomic mass is 15.1. The molecule has 10 aromatic rings. The van der Waals surface area contributed by atoms with Gasteiger partial charge in [0, 0.05) is 43.9 Å². The summed E-state index contributed by atoms with van der Waals surface area (Å²) < 4.78 is 4.80. The molecule has 4 heterocycles. The number of fused-ring (bicyclic) bond motifs is 9. The SMILES string of the molecule is c1ccc2c(-n3c4ccccc4c4cc5c(cc43)c3ccccc3n5-c3c4ccccc4nc4ccccc34)nccc2c1. The summed E-state index contributed by atoms with van der Waals surface area (Å²) in [4.78, 5) is 10.0. The normalized spacial score (nSPS) is 12.1. The van der Waals surface area contributed by atoms with E-state index >= 15 is 0 Å². The Labute approximate surface area is 252 Å². The summed E-state index contributed by atoms with van der Waals surface area (Å²) in [6.45, 7) is 0. The first-order chi connectivity index (χ1) is 21.8. The summed E-state index contributed by atoms with van der Waals surface area (Å²) in [7, 11) is 0. The highest BCUT2D eigenvalue weighted by Crippen LogP contribution is 2.42. The molecule has 0 radical (unpaired) electrons. The van der Waals surface area contributed by atoms with Crippen molar-refractivity contribution < 1.29 is 0 Å². The zero-order valence-corrected chi connectivity index (χ0v) is 23.6. The maximum atomic E-state index is 5.04. The number of rotatable bonds is 2. The molecule has 0 spiro atoms. The summed E-state index contributed by atoms with van der Waals surface area (Å²) in [5, 5.41) is 9.43. The van der Waals surface area contributed by atoms with Crippen LogP contribution in [0.5, 0.6) is 0 Å². The maximum absolute atomic E-state index is 5.04. The quantitative estimate of drug-likeness (QED) is 0.197. The molecule has 10 rings (SSSR count). The van der Waals surface area contributed by atoms with Crippen LogP contribution in [-0.2, 0) is 0 Å². The van der Waals surface area contributed by atoms with Crippen LogP contribution >= 0.6 is 0 Å². The molecule has 0 saturated carbocycles.